The molecule has 7 aromatic carbocycles. The zero-order valence-corrected chi connectivity index (χ0v) is 24.3. The van der Waals surface area contributed by atoms with Gasteiger partial charge in [-0.2, -0.15) is 0 Å². The number of benzene rings is 7. The van der Waals surface area contributed by atoms with E-state index >= 15 is 0 Å². The first-order valence-electron chi connectivity index (χ1n) is 15.0. The van der Waals surface area contributed by atoms with Gasteiger partial charge in [0, 0.05) is 43.6 Å². The number of H-pyrrole nitrogens is 2. The predicted octanol–water partition coefficient (Wildman–Crippen LogP) is 11.7. The summed E-state index contributed by atoms with van der Waals surface area (Å²) in [5.41, 5.74) is 9.93. The lowest BCUT2D eigenvalue weighted by Crippen LogP contribution is -1.83. The molecule has 0 amide bonds. The van der Waals surface area contributed by atoms with Crippen LogP contribution in [0.2, 0.25) is 0 Å². The van der Waals surface area contributed by atoms with Crippen LogP contribution in [-0.4, -0.2) is 9.97 Å². The van der Waals surface area contributed by atoms with Crippen LogP contribution in [0.4, 0.5) is 0 Å². The normalized spacial score (nSPS) is 10.7. The van der Waals surface area contributed by atoms with E-state index in [0.29, 0.717) is 0 Å². The highest BCUT2D eigenvalue weighted by Crippen LogP contribution is 2.31. The van der Waals surface area contributed by atoms with E-state index < -0.39 is 0 Å². The third-order valence-electron chi connectivity index (χ3n) is 7.92. The Hall–Kier alpha value is -5.86. The smallest absolute Gasteiger partial charge is 0.0464 e. The molecular formula is C42H32N2. The van der Waals surface area contributed by atoms with Gasteiger partial charge in [0.1, 0.15) is 0 Å². The lowest BCUT2D eigenvalue weighted by molar-refractivity contribution is 1.55. The van der Waals surface area contributed by atoms with Gasteiger partial charge in [0.25, 0.3) is 0 Å². The number of para-hydroxylation sites is 4. The third-order valence-corrected chi connectivity index (χ3v) is 7.92. The van der Waals surface area contributed by atoms with E-state index in [1.165, 1.54) is 65.9 Å². The molecule has 2 N–H and O–H groups in total. The summed E-state index contributed by atoms with van der Waals surface area (Å²) in [5, 5.41) is 5.22. The van der Waals surface area contributed by atoms with Gasteiger partial charge >= 0.3 is 0 Å². The van der Waals surface area contributed by atoms with E-state index in [4.69, 9.17) is 0 Å². The number of rotatable bonds is 2. The second kappa shape index (κ2) is 12.6. The van der Waals surface area contributed by atoms with Crippen molar-refractivity contribution >= 4 is 43.6 Å². The quantitative estimate of drug-likeness (QED) is 0.209. The molecule has 210 valence electrons. The van der Waals surface area contributed by atoms with Crippen LogP contribution < -0.4 is 0 Å². The first-order valence-corrected chi connectivity index (χ1v) is 15.0. The van der Waals surface area contributed by atoms with Crippen molar-refractivity contribution in [3.8, 4) is 22.3 Å². The Morgan fingerprint density at radius 2 is 0.477 bits per heavy atom. The van der Waals surface area contributed by atoms with Crippen molar-refractivity contribution in [1.82, 2.24) is 9.97 Å². The highest BCUT2D eigenvalue weighted by Gasteiger charge is 2.05. The van der Waals surface area contributed by atoms with Crippen molar-refractivity contribution in [3.63, 3.8) is 0 Å². The minimum absolute atomic E-state index is 1.21. The minimum Gasteiger partial charge on any atom is -0.355 e. The molecule has 9 aromatic rings. The number of hydrogen-bond donors (Lipinski definition) is 2. The topological polar surface area (TPSA) is 31.6 Å². The maximum atomic E-state index is 3.38. The van der Waals surface area contributed by atoms with Gasteiger partial charge in [-0.3, -0.25) is 0 Å². The summed E-state index contributed by atoms with van der Waals surface area (Å²) in [4.78, 5) is 6.76. The Morgan fingerprint density at radius 1 is 0.227 bits per heavy atom. The van der Waals surface area contributed by atoms with Crippen LogP contribution in [0.15, 0.2) is 182 Å². The fourth-order valence-corrected chi connectivity index (χ4v) is 5.82. The Bertz CT molecular complexity index is 2010. The van der Waals surface area contributed by atoms with Crippen LogP contribution in [0.3, 0.4) is 0 Å². The summed E-state index contributed by atoms with van der Waals surface area (Å²) in [6.45, 7) is 0. The molecule has 2 heteroatoms. The van der Waals surface area contributed by atoms with Crippen LogP contribution in [0.1, 0.15) is 0 Å². The predicted molar refractivity (Wildman–Crippen MR) is 189 cm³/mol. The maximum Gasteiger partial charge on any atom is 0.0464 e. The molecule has 0 fully saturated rings. The fraction of sp³-hybridized carbons (Fsp3) is 0. The fourth-order valence-electron chi connectivity index (χ4n) is 5.82. The Balaban J connectivity index is 0.000000109. The molecule has 0 radical (unpaired) electrons. The Labute approximate surface area is 257 Å². The molecule has 0 aliphatic heterocycles. The van der Waals surface area contributed by atoms with Gasteiger partial charge in [0.2, 0.25) is 0 Å². The maximum absolute atomic E-state index is 3.38. The van der Waals surface area contributed by atoms with Crippen LogP contribution in [-0.2, 0) is 0 Å². The van der Waals surface area contributed by atoms with Crippen LogP contribution in [0, 0.1) is 0 Å². The van der Waals surface area contributed by atoms with Crippen molar-refractivity contribution in [3.05, 3.63) is 182 Å². The van der Waals surface area contributed by atoms with Crippen molar-refractivity contribution in [2.45, 2.75) is 0 Å². The summed E-state index contributed by atoms with van der Waals surface area (Å²) >= 11 is 0. The zero-order valence-electron chi connectivity index (χ0n) is 24.3. The number of aromatic nitrogens is 2. The molecule has 0 bridgehead atoms. The molecule has 2 nitrogen and oxygen atoms in total. The molecule has 0 aliphatic rings. The number of aromatic amines is 2. The van der Waals surface area contributed by atoms with E-state index in [9.17, 15) is 0 Å². The minimum atomic E-state index is 1.21. The lowest BCUT2D eigenvalue weighted by Gasteiger charge is -2.09. The highest BCUT2D eigenvalue weighted by atomic mass is 14.7. The standard InChI is InChI=1S/C18H14.2C12H9N/c1-3-9-15(10-4-1)17-13-7-8-14-18(17)16-11-5-2-6-12-16;2*1-3-7-11-9(5-1)10-6-2-4-8-12(10)13-11/h1-14H;2*1-8,13H. The van der Waals surface area contributed by atoms with Gasteiger partial charge in [0.05, 0.1) is 0 Å². The molecule has 44 heavy (non-hydrogen) atoms. The Morgan fingerprint density at radius 3 is 0.795 bits per heavy atom. The molecule has 9 rings (SSSR count). The van der Waals surface area contributed by atoms with Gasteiger partial charge in [-0.05, 0) is 46.5 Å². The summed E-state index contributed by atoms with van der Waals surface area (Å²) in [7, 11) is 0. The summed E-state index contributed by atoms with van der Waals surface area (Å²) < 4.78 is 0. The van der Waals surface area contributed by atoms with Crippen molar-refractivity contribution in [2.75, 3.05) is 0 Å². The van der Waals surface area contributed by atoms with E-state index in [0.717, 1.165) is 0 Å². The number of nitrogens with one attached hydrogen (secondary N) is 2. The largest absolute Gasteiger partial charge is 0.355 e. The van der Waals surface area contributed by atoms with Gasteiger partial charge in [-0.1, -0.05) is 158 Å². The van der Waals surface area contributed by atoms with Crippen LogP contribution in [0.25, 0.3) is 65.9 Å². The summed E-state index contributed by atoms with van der Waals surface area (Å²) in [6.07, 6.45) is 0. The average molecular weight is 565 g/mol. The van der Waals surface area contributed by atoms with E-state index in [-0.39, 0.29) is 0 Å². The van der Waals surface area contributed by atoms with Crippen molar-refractivity contribution in [1.29, 1.82) is 0 Å². The van der Waals surface area contributed by atoms with Crippen LogP contribution in [0.5, 0.6) is 0 Å². The van der Waals surface area contributed by atoms with Gasteiger partial charge in [-0.15, -0.1) is 0 Å². The SMILES string of the molecule is c1ccc(-c2ccccc2-c2ccccc2)cc1.c1ccc2c(c1)[nH]c1ccccc12.c1ccc2c(c1)[nH]c1ccccc12. The van der Waals surface area contributed by atoms with Crippen molar-refractivity contribution < 1.29 is 0 Å². The lowest BCUT2D eigenvalue weighted by atomic mass is 9.95. The van der Waals surface area contributed by atoms with Gasteiger partial charge < -0.3 is 9.97 Å². The van der Waals surface area contributed by atoms with E-state index in [1.807, 2.05) is 0 Å². The molecule has 0 spiro atoms. The highest BCUT2D eigenvalue weighted by molar-refractivity contribution is 6.07. The van der Waals surface area contributed by atoms with Gasteiger partial charge in [-0.25, -0.2) is 0 Å². The zero-order chi connectivity index (χ0) is 29.6. The average Bonchev–Trinajstić information content (AvgIpc) is 3.68. The third kappa shape index (κ3) is 5.62. The first-order chi connectivity index (χ1) is 21.8. The van der Waals surface area contributed by atoms with E-state index in [1.54, 1.807) is 0 Å². The number of fused-ring (bicyclic) bond motifs is 6. The molecule has 0 aliphatic carbocycles. The molecule has 2 aromatic heterocycles. The number of hydrogen-bond acceptors (Lipinski definition) is 0. The molecule has 2 heterocycles. The summed E-state index contributed by atoms with van der Waals surface area (Å²) in [6, 6.07) is 63.1. The second-order valence-electron chi connectivity index (χ2n) is 10.7. The molecular weight excluding hydrogens is 532 g/mol. The first kappa shape index (κ1) is 27.0. The molecule has 0 unspecified atom stereocenters. The Kier molecular flexibility index (Phi) is 7.71. The molecule has 0 saturated carbocycles. The van der Waals surface area contributed by atoms with Crippen molar-refractivity contribution in [2.24, 2.45) is 0 Å². The van der Waals surface area contributed by atoms with Gasteiger partial charge in [0.15, 0.2) is 0 Å². The van der Waals surface area contributed by atoms with Crippen LogP contribution >= 0.6 is 0 Å². The molecule has 0 atom stereocenters. The summed E-state index contributed by atoms with van der Waals surface area (Å²) in [5.74, 6) is 0. The second-order valence-corrected chi connectivity index (χ2v) is 10.7. The monoisotopic (exact) mass is 564 g/mol. The van der Waals surface area contributed by atoms with E-state index in [2.05, 4.69) is 192 Å². The molecule has 0 saturated heterocycles.